The summed E-state index contributed by atoms with van der Waals surface area (Å²) < 4.78 is 40.2. The molecule has 33 heavy (non-hydrogen) atoms. The Labute approximate surface area is 203 Å². The average Bonchev–Trinajstić information content (AvgIpc) is 2.94. The van der Waals surface area contributed by atoms with Gasteiger partial charge in [0.25, 0.3) is 0 Å². The van der Waals surface area contributed by atoms with Crippen LogP contribution in [-0.2, 0) is 0 Å². The first kappa shape index (κ1) is 14.9. The van der Waals surface area contributed by atoms with E-state index in [2.05, 4.69) is 57.4 Å². The molecule has 0 bridgehead atoms. The van der Waals surface area contributed by atoms with Crippen LogP contribution >= 0.6 is 11.6 Å². The van der Waals surface area contributed by atoms with Crippen LogP contribution in [0.2, 0.25) is 5.28 Å². The van der Waals surface area contributed by atoms with E-state index in [0.29, 0.717) is 5.56 Å². The Morgan fingerprint density at radius 3 is 2.06 bits per heavy atom. The van der Waals surface area contributed by atoms with Crippen molar-refractivity contribution in [2.24, 2.45) is 0 Å². The van der Waals surface area contributed by atoms with Crippen molar-refractivity contribution in [3.63, 3.8) is 0 Å². The molecule has 0 aliphatic rings. The summed E-state index contributed by atoms with van der Waals surface area (Å²) >= 11 is 6.20. The van der Waals surface area contributed by atoms with Gasteiger partial charge in [0.05, 0.1) is 6.85 Å². The molecule has 6 aromatic rings. The van der Waals surface area contributed by atoms with Crippen LogP contribution in [0, 0.1) is 0 Å². The summed E-state index contributed by atoms with van der Waals surface area (Å²) in [7, 11) is 0. The lowest BCUT2D eigenvalue weighted by molar-refractivity contribution is 1.07. The maximum atomic E-state index is 8.25. The summed E-state index contributed by atoms with van der Waals surface area (Å²) in [5.41, 5.74) is 2.80. The molecule has 0 spiro atoms. The van der Waals surface area contributed by atoms with E-state index in [1.807, 2.05) is 36.4 Å². The Bertz CT molecular complexity index is 1870. The third kappa shape index (κ3) is 3.73. The minimum Gasteiger partial charge on any atom is -0.208 e. The van der Waals surface area contributed by atoms with Gasteiger partial charge in [0.1, 0.15) is 0 Å². The van der Waals surface area contributed by atoms with Gasteiger partial charge in [-0.15, -0.1) is 0 Å². The highest BCUT2D eigenvalue weighted by atomic mass is 35.5. The van der Waals surface area contributed by atoms with E-state index in [0.717, 1.165) is 21.9 Å². The topological polar surface area (TPSA) is 38.7 Å². The standard InChI is InChI=1S/C29H18ClN3/c30-29-32-27(20-8-2-1-3-9-20)31-28(33-29)24-16-14-21-17-23(15-13-22(21)18-24)26-12-6-10-19-7-4-5-11-25(19)26/h1-18H/i1D,2D,3D,8D,9D. The van der Waals surface area contributed by atoms with Gasteiger partial charge in [-0.2, -0.15) is 9.97 Å². The third-order valence-electron chi connectivity index (χ3n) is 5.53. The number of hydrogen-bond acceptors (Lipinski definition) is 3. The van der Waals surface area contributed by atoms with E-state index in [-0.39, 0.29) is 22.5 Å². The number of halogens is 1. The molecule has 0 saturated heterocycles. The number of benzene rings is 5. The molecule has 1 aromatic heterocycles. The second kappa shape index (κ2) is 8.12. The van der Waals surface area contributed by atoms with E-state index < -0.39 is 30.2 Å². The highest BCUT2D eigenvalue weighted by Crippen LogP contribution is 2.32. The molecule has 0 N–H and O–H groups in total. The molecule has 0 radical (unpaired) electrons. The molecule has 156 valence electrons. The Morgan fingerprint density at radius 2 is 1.24 bits per heavy atom. The molecule has 0 saturated carbocycles. The summed E-state index contributed by atoms with van der Waals surface area (Å²) in [4.78, 5) is 12.8. The quantitative estimate of drug-likeness (QED) is 0.277. The molecule has 0 aliphatic heterocycles. The number of rotatable bonds is 3. The van der Waals surface area contributed by atoms with Gasteiger partial charge in [0, 0.05) is 11.1 Å². The van der Waals surface area contributed by atoms with Crippen molar-refractivity contribution in [2.45, 2.75) is 0 Å². The molecule has 6 rings (SSSR count). The zero-order valence-electron chi connectivity index (χ0n) is 22.2. The fourth-order valence-corrected chi connectivity index (χ4v) is 4.14. The lowest BCUT2D eigenvalue weighted by Gasteiger charge is -2.09. The van der Waals surface area contributed by atoms with Gasteiger partial charge < -0.3 is 0 Å². The van der Waals surface area contributed by atoms with Gasteiger partial charge in [-0.05, 0) is 56.4 Å². The first-order chi connectivity index (χ1) is 18.3. The van der Waals surface area contributed by atoms with Gasteiger partial charge in [-0.1, -0.05) is 96.9 Å². The molecular weight excluding hydrogens is 426 g/mol. The first-order valence-electron chi connectivity index (χ1n) is 12.8. The van der Waals surface area contributed by atoms with Gasteiger partial charge in [0.15, 0.2) is 11.6 Å². The Balaban J connectivity index is 1.44. The molecule has 0 amide bonds. The highest BCUT2D eigenvalue weighted by Gasteiger charge is 2.11. The minimum absolute atomic E-state index is 0.0802. The van der Waals surface area contributed by atoms with Crippen LogP contribution in [0.15, 0.2) is 109 Å². The fourth-order valence-electron chi connectivity index (χ4n) is 3.98. The van der Waals surface area contributed by atoms with Crippen LogP contribution < -0.4 is 0 Å². The molecule has 0 atom stereocenters. The Morgan fingerprint density at radius 1 is 0.576 bits per heavy atom. The Hall–Kier alpha value is -4.08. The highest BCUT2D eigenvalue weighted by molar-refractivity contribution is 6.28. The van der Waals surface area contributed by atoms with Crippen LogP contribution in [-0.4, -0.2) is 15.0 Å². The van der Waals surface area contributed by atoms with E-state index >= 15 is 0 Å². The average molecular weight is 449 g/mol. The van der Waals surface area contributed by atoms with E-state index in [1.165, 1.54) is 10.8 Å². The van der Waals surface area contributed by atoms with Crippen LogP contribution in [0.4, 0.5) is 0 Å². The predicted molar refractivity (Wildman–Crippen MR) is 136 cm³/mol. The molecule has 4 heteroatoms. The third-order valence-corrected chi connectivity index (χ3v) is 5.70. The van der Waals surface area contributed by atoms with Crippen molar-refractivity contribution in [2.75, 3.05) is 0 Å². The number of aromatic nitrogens is 3. The number of hydrogen-bond donors (Lipinski definition) is 0. The zero-order valence-corrected chi connectivity index (χ0v) is 18.0. The molecule has 3 nitrogen and oxygen atoms in total. The maximum Gasteiger partial charge on any atom is 0.226 e. The van der Waals surface area contributed by atoms with Gasteiger partial charge in [-0.25, -0.2) is 4.98 Å². The summed E-state index contributed by atoms with van der Waals surface area (Å²) in [5.74, 6) is 0.162. The molecule has 1 heterocycles. The second-order valence-electron chi connectivity index (χ2n) is 7.56. The lowest BCUT2D eigenvalue weighted by atomic mass is 9.96. The van der Waals surface area contributed by atoms with Crippen LogP contribution in [0.5, 0.6) is 0 Å². The summed E-state index contributed by atoms with van der Waals surface area (Å²) in [6, 6.07) is 24.4. The fraction of sp³-hybridized carbons (Fsp3) is 0. The maximum absolute atomic E-state index is 8.25. The molecular formula is C29H18ClN3. The summed E-state index contributed by atoms with van der Waals surface area (Å²) in [6.07, 6.45) is 0. The number of fused-ring (bicyclic) bond motifs is 2. The van der Waals surface area contributed by atoms with Crippen molar-refractivity contribution >= 4 is 33.1 Å². The van der Waals surface area contributed by atoms with Crippen molar-refractivity contribution in [1.82, 2.24) is 15.0 Å². The normalized spacial score (nSPS) is 13.3. The van der Waals surface area contributed by atoms with Crippen molar-refractivity contribution < 1.29 is 6.85 Å². The molecule has 0 aliphatic carbocycles. The van der Waals surface area contributed by atoms with E-state index in [4.69, 9.17) is 18.5 Å². The van der Waals surface area contributed by atoms with E-state index in [9.17, 15) is 0 Å². The molecule has 0 unspecified atom stereocenters. The SMILES string of the molecule is [2H]c1c([2H])c([2H])c(-c2nc(Cl)nc(-c3ccc4cc(-c5cccc6ccccc56)ccc4c3)n2)c([2H])c1[2H]. The first-order valence-corrected chi connectivity index (χ1v) is 10.7. The summed E-state index contributed by atoms with van der Waals surface area (Å²) in [6.45, 7) is 0. The summed E-state index contributed by atoms with van der Waals surface area (Å²) in [5, 5.41) is 4.23. The van der Waals surface area contributed by atoms with Gasteiger partial charge in [0.2, 0.25) is 5.28 Å². The monoisotopic (exact) mass is 448 g/mol. The van der Waals surface area contributed by atoms with Crippen molar-refractivity contribution in [1.29, 1.82) is 0 Å². The lowest BCUT2D eigenvalue weighted by Crippen LogP contribution is -1.97. The van der Waals surface area contributed by atoms with Gasteiger partial charge >= 0.3 is 0 Å². The van der Waals surface area contributed by atoms with Crippen LogP contribution in [0.25, 0.3) is 55.4 Å². The van der Waals surface area contributed by atoms with Crippen LogP contribution in [0.1, 0.15) is 6.85 Å². The van der Waals surface area contributed by atoms with Crippen molar-refractivity contribution in [3.05, 3.63) is 114 Å². The van der Waals surface area contributed by atoms with Gasteiger partial charge in [-0.3, -0.25) is 0 Å². The van der Waals surface area contributed by atoms with Crippen molar-refractivity contribution in [3.8, 4) is 33.9 Å². The molecule has 5 aromatic carbocycles. The number of nitrogens with zero attached hydrogens (tertiary/aromatic N) is 3. The second-order valence-corrected chi connectivity index (χ2v) is 7.89. The van der Waals surface area contributed by atoms with Crippen LogP contribution in [0.3, 0.4) is 0 Å². The largest absolute Gasteiger partial charge is 0.226 e. The predicted octanol–water partition coefficient (Wildman–Crippen LogP) is 7.83. The zero-order chi connectivity index (χ0) is 26.6. The minimum atomic E-state index is -0.485. The Kier molecular flexibility index (Phi) is 3.66. The van der Waals surface area contributed by atoms with E-state index in [1.54, 1.807) is 0 Å². The smallest absolute Gasteiger partial charge is 0.208 e. The molecule has 0 fully saturated rings.